The molecule has 4 rings (SSSR count). The molecule has 6 nitrogen and oxygen atoms in total. The number of piperidine rings is 1. The Morgan fingerprint density at radius 3 is 2.81 bits per heavy atom. The lowest BCUT2D eigenvalue weighted by atomic mass is 9.98. The minimum atomic E-state index is -0.821. The minimum Gasteiger partial charge on any atom is -0.481 e. The largest absolute Gasteiger partial charge is 0.481 e. The van der Waals surface area contributed by atoms with Crippen molar-refractivity contribution in [3.8, 4) is 0 Å². The van der Waals surface area contributed by atoms with Crippen LogP contribution in [0.5, 0.6) is 0 Å². The summed E-state index contributed by atoms with van der Waals surface area (Å²) in [4.78, 5) is 27.5. The summed E-state index contributed by atoms with van der Waals surface area (Å²) >= 11 is 1.44. The van der Waals surface area contributed by atoms with Crippen LogP contribution in [-0.2, 0) is 11.3 Å². The van der Waals surface area contributed by atoms with E-state index in [1.54, 1.807) is 4.90 Å². The molecule has 0 saturated carbocycles. The van der Waals surface area contributed by atoms with E-state index in [-0.39, 0.29) is 12.5 Å². The lowest BCUT2D eigenvalue weighted by molar-refractivity contribution is -0.143. The van der Waals surface area contributed by atoms with E-state index in [1.807, 2.05) is 35.9 Å². The van der Waals surface area contributed by atoms with Gasteiger partial charge in [0.05, 0.1) is 23.0 Å². The predicted octanol–water partition coefficient (Wildman–Crippen LogP) is 3.39. The summed E-state index contributed by atoms with van der Waals surface area (Å²) in [6.07, 6.45) is 1.37. The average Bonchev–Trinajstić information content (AvgIpc) is 3.24. The number of fused-ring (bicyclic) bond motifs is 1. The number of carbonyl (C=O) groups is 2. The van der Waals surface area contributed by atoms with E-state index in [1.165, 1.54) is 11.3 Å². The zero-order valence-electron chi connectivity index (χ0n) is 15.1. The molecule has 1 aromatic carbocycles. The van der Waals surface area contributed by atoms with Gasteiger partial charge < -0.3 is 10.0 Å². The van der Waals surface area contributed by atoms with Gasteiger partial charge in [0.25, 0.3) is 5.91 Å². The van der Waals surface area contributed by atoms with E-state index in [4.69, 9.17) is 0 Å². The van der Waals surface area contributed by atoms with Crippen LogP contribution in [0.3, 0.4) is 0 Å². The lowest BCUT2D eigenvalue weighted by Gasteiger charge is -2.30. The van der Waals surface area contributed by atoms with E-state index in [0.717, 1.165) is 27.9 Å². The zero-order valence-corrected chi connectivity index (χ0v) is 15.9. The van der Waals surface area contributed by atoms with Crippen LogP contribution < -0.4 is 0 Å². The Labute approximate surface area is 161 Å². The van der Waals surface area contributed by atoms with Gasteiger partial charge in [0.2, 0.25) is 0 Å². The van der Waals surface area contributed by atoms with Crippen molar-refractivity contribution in [2.75, 3.05) is 13.1 Å². The first-order valence-corrected chi connectivity index (χ1v) is 9.87. The van der Waals surface area contributed by atoms with Gasteiger partial charge in [-0.2, -0.15) is 5.10 Å². The number of benzene rings is 1. The molecule has 1 amide bonds. The second kappa shape index (κ2) is 7.15. The van der Waals surface area contributed by atoms with Crippen molar-refractivity contribution >= 4 is 33.4 Å². The smallest absolute Gasteiger partial charge is 0.308 e. The van der Waals surface area contributed by atoms with Crippen LogP contribution >= 0.6 is 11.3 Å². The second-order valence-corrected chi connectivity index (χ2v) is 8.02. The summed E-state index contributed by atoms with van der Waals surface area (Å²) in [5.74, 6) is -1.36. The number of thiophene rings is 1. The minimum absolute atomic E-state index is 0.0761. The molecular formula is C20H21N3O3S. The average molecular weight is 383 g/mol. The summed E-state index contributed by atoms with van der Waals surface area (Å²) in [6, 6.07) is 12.0. The zero-order chi connectivity index (χ0) is 19.0. The number of aromatic nitrogens is 2. The molecule has 140 valence electrons. The van der Waals surface area contributed by atoms with Crippen molar-refractivity contribution in [2.45, 2.75) is 26.3 Å². The van der Waals surface area contributed by atoms with Gasteiger partial charge in [-0.05, 0) is 31.4 Å². The third-order valence-electron chi connectivity index (χ3n) is 5.05. The molecule has 0 bridgehead atoms. The number of aliphatic carboxylic acids is 1. The Balaban J connectivity index is 1.60. The monoisotopic (exact) mass is 383 g/mol. The fourth-order valence-electron chi connectivity index (χ4n) is 3.60. The molecule has 1 unspecified atom stereocenters. The van der Waals surface area contributed by atoms with Crippen LogP contribution in [0, 0.1) is 12.8 Å². The van der Waals surface area contributed by atoms with Crippen molar-refractivity contribution in [1.29, 1.82) is 0 Å². The Morgan fingerprint density at radius 2 is 2.07 bits per heavy atom. The van der Waals surface area contributed by atoms with Gasteiger partial charge >= 0.3 is 5.97 Å². The molecule has 1 atom stereocenters. The molecule has 2 aromatic heterocycles. The number of rotatable bonds is 4. The molecule has 3 heterocycles. The maximum Gasteiger partial charge on any atom is 0.308 e. The summed E-state index contributed by atoms with van der Waals surface area (Å²) in [5.41, 5.74) is 2.06. The third-order valence-corrected chi connectivity index (χ3v) is 6.19. The molecular weight excluding hydrogens is 362 g/mol. The first-order chi connectivity index (χ1) is 13.0. The number of amides is 1. The van der Waals surface area contributed by atoms with Gasteiger partial charge in [-0.1, -0.05) is 30.3 Å². The fourth-order valence-corrected chi connectivity index (χ4v) is 4.73. The molecule has 0 spiro atoms. The molecule has 3 aromatic rings. The number of nitrogens with zero attached hydrogens (tertiary/aromatic N) is 3. The second-order valence-electron chi connectivity index (χ2n) is 6.99. The highest BCUT2D eigenvalue weighted by molar-refractivity contribution is 7.20. The molecule has 1 saturated heterocycles. The van der Waals surface area contributed by atoms with Crippen molar-refractivity contribution in [3.63, 3.8) is 0 Å². The number of aryl methyl sites for hydroxylation is 1. The van der Waals surface area contributed by atoms with Crippen LogP contribution in [-0.4, -0.2) is 44.8 Å². The maximum atomic E-state index is 12.9. The van der Waals surface area contributed by atoms with Crippen molar-refractivity contribution in [3.05, 3.63) is 52.5 Å². The van der Waals surface area contributed by atoms with Gasteiger partial charge in [0.1, 0.15) is 4.83 Å². The number of carboxylic acid groups (broad SMARTS) is 1. The van der Waals surface area contributed by atoms with Crippen molar-refractivity contribution in [1.82, 2.24) is 14.7 Å². The third kappa shape index (κ3) is 3.47. The summed E-state index contributed by atoms with van der Waals surface area (Å²) in [6.45, 7) is 3.51. The van der Waals surface area contributed by atoms with Crippen LogP contribution in [0.1, 0.15) is 33.8 Å². The van der Waals surface area contributed by atoms with Crippen LogP contribution in [0.4, 0.5) is 0 Å². The first-order valence-electron chi connectivity index (χ1n) is 9.06. The van der Waals surface area contributed by atoms with Gasteiger partial charge in [-0.15, -0.1) is 11.3 Å². The topological polar surface area (TPSA) is 75.4 Å². The standard InChI is InChI=1S/C20H21N3O3S/c1-13-16-10-17(18(24)22-9-5-8-15(12-22)20(25)26)27-19(16)23(21-13)11-14-6-3-2-4-7-14/h2-4,6-7,10,15H,5,8-9,11-12H2,1H3,(H,25,26). The van der Waals surface area contributed by atoms with Gasteiger partial charge in [0, 0.05) is 18.5 Å². The van der Waals surface area contributed by atoms with E-state index in [9.17, 15) is 14.7 Å². The Morgan fingerprint density at radius 1 is 1.30 bits per heavy atom. The number of hydrogen-bond donors (Lipinski definition) is 1. The Bertz CT molecular complexity index is 993. The van der Waals surface area contributed by atoms with Gasteiger partial charge in [-0.3, -0.25) is 14.3 Å². The SMILES string of the molecule is Cc1nn(Cc2ccccc2)c2sc(C(=O)N3CCCC(C(=O)O)C3)cc12. The highest BCUT2D eigenvalue weighted by atomic mass is 32.1. The summed E-state index contributed by atoms with van der Waals surface area (Å²) in [7, 11) is 0. The number of hydrogen-bond acceptors (Lipinski definition) is 4. The van der Waals surface area contributed by atoms with Crippen molar-refractivity contribution in [2.24, 2.45) is 5.92 Å². The summed E-state index contributed by atoms with van der Waals surface area (Å²) < 4.78 is 1.94. The van der Waals surface area contributed by atoms with Crippen LogP contribution in [0.15, 0.2) is 36.4 Å². The molecule has 1 aliphatic rings. The normalized spacial score (nSPS) is 17.4. The van der Waals surface area contributed by atoms with Crippen LogP contribution in [0.25, 0.3) is 10.2 Å². The number of carbonyl (C=O) groups excluding carboxylic acids is 1. The molecule has 1 aliphatic heterocycles. The number of carboxylic acids is 1. The van der Waals surface area contributed by atoms with E-state index < -0.39 is 11.9 Å². The number of likely N-dealkylation sites (tertiary alicyclic amines) is 1. The Hall–Kier alpha value is -2.67. The molecule has 1 N–H and O–H groups in total. The predicted molar refractivity (Wildman–Crippen MR) is 104 cm³/mol. The molecule has 7 heteroatoms. The molecule has 0 radical (unpaired) electrons. The van der Waals surface area contributed by atoms with E-state index >= 15 is 0 Å². The highest BCUT2D eigenvalue weighted by Gasteiger charge is 2.29. The molecule has 27 heavy (non-hydrogen) atoms. The quantitative estimate of drug-likeness (QED) is 0.749. The highest BCUT2D eigenvalue weighted by Crippen LogP contribution is 2.30. The van der Waals surface area contributed by atoms with Gasteiger partial charge in [-0.25, -0.2) is 0 Å². The van der Waals surface area contributed by atoms with Crippen molar-refractivity contribution < 1.29 is 14.7 Å². The van der Waals surface area contributed by atoms with E-state index in [2.05, 4.69) is 17.2 Å². The van der Waals surface area contributed by atoms with E-state index in [0.29, 0.717) is 24.4 Å². The molecule has 0 aliphatic carbocycles. The summed E-state index contributed by atoms with van der Waals surface area (Å²) in [5, 5.41) is 14.9. The Kier molecular flexibility index (Phi) is 4.70. The lowest BCUT2D eigenvalue weighted by Crippen LogP contribution is -2.42. The maximum absolute atomic E-state index is 12.9. The van der Waals surface area contributed by atoms with Crippen LogP contribution in [0.2, 0.25) is 0 Å². The fraction of sp³-hybridized carbons (Fsp3) is 0.350. The first kappa shape index (κ1) is 17.7. The van der Waals surface area contributed by atoms with Gasteiger partial charge in [0.15, 0.2) is 0 Å². The molecule has 1 fully saturated rings.